The lowest BCUT2D eigenvalue weighted by Crippen LogP contribution is -1.85. The van der Waals surface area contributed by atoms with E-state index < -0.39 is 0 Å². The molecule has 0 unspecified atom stereocenters. The van der Waals surface area contributed by atoms with Gasteiger partial charge in [0.05, 0.1) is 11.9 Å². The Balaban J connectivity index is 2.52. The summed E-state index contributed by atoms with van der Waals surface area (Å²) in [5.41, 5.74) is 6.56. The number of hydrogen-bond acceptors (Lipinski definition) is 4. The van der Waals surface area contributed by atoms with Gasteiger partial charge in [0.2, 0.25) is 0 Å². The molecule has 2 rings (SSSR count). The predicted molar refractivity (Wildman–Crippen MR) is 51.8 cm³/mol. The van der Waals surface area contributed by atoms with E-state index in [0.29, 0.717) is 11.3 Å². The van der Waals surface area contributed by atoms with Crippen LogP contribution in [-0.4, -0.2) is 20.2 Å². The maximum absolute atomic E-state index is 9.51. The fourth-order valence-electron chi connectivity index (χ4n) is 1.22. The maximum atomic E-state index is 9.51. The normalized spacial score (nSPS) is 10.3. The summed E-state index contributed by atoms with van der Waals surface area (Å²) in [7, 11) is 0. The maximum Gasteiger partial charge on any atom is 0.197 e. The van der Waals surface area contributed by atoms with Crippen LogP contribution in [0.4, 0.5) is 5.95 Å². The van der Waals surface area contributed by atoms with E-state index in [1.165, 1.54) is 18.3 Å². The molecule has 5 heteroatoms. The third kappa shape index (κ3) is 1.35. The summed E-state index contributed by atoms with van der Waals surface area (Å²) in [4.78, 5) is 6.58. The second-order valence-corrected chi connectivity index (χ2v) is 2.88. The van der Waals surface area contributed by atoms with Gasteiger partial charge in [0.25, 0.3) is 0 Å². The first-order chi connectivity index (χ1) is 6.66. The fourth-order valence-corrected chi connectivity index (χ4v) is 1.22. The summed E-state index contributed by atoms with van der Waals surface area (Å²) < 4.78 is 0. The van der Waals surface area contributed by atoms with Gasteiger partial charge in [-0.25, -0.2) is 4.98 Å². The molecule has 14 heavy (non-hydrogen) atoms. The number of anilines is 1. The van der Waals surface area contributed by atoms with Crippen LogP contribution in [0.3, 0.4) is 0 Å². The molecule has 0 spiro atoms. The van der Waals surface area contributed by atoms with Crippen molar-refractivity contribution < 1.29 is 10.2 Å². The number of phenolic OH excluding ortho intramolecular Hbond substituents is 2. The standard InChI is InChI=1S/C9H9N3O2/c10-9-11-4-7(12-9)6-2-1-5(13)3-8(6)14/h1-4,13-14H,(H3,10,11,12). The van der Waals surface area contributed by atoms with Crippen LogP contribution in [0.1, 0.15) is 0 Å². The van der Waals surface area contributed by atoms with Crippen LogP contribution in [0.5, 0.6) is 11.5 Å². The Labute approximate surface area is 79.8 Å². The Morgan fingerprint density at radius 3 is 2.64 bits per heavy atom. The van der Waals surface area contributed by atoms with Crippen molar-refractivity contribution in [3.8, 4) is 22.8 Å². The number of nitrogens with one attached hydrogen (secondary N) is 1. The van der Waals surface area contributed by atoms with Crippen molar-refractivity contribution in [1.82, 2.24) is 9.97 Å². The third-order valence-corrected chi connectivity index (χ3v) is 1.87. The number of aromatic nitrogens is 2. The molecule has 1 aromatic heterocycles. The fraction of sp³-hybridized carbons (Fsp3) is 0. The molecule has 0 saturated carbocycles. The molecule has 72 valence electrons. The van der Waals surface area contributed by atoms with Crippen molar-refractivity contribution in [2.24, 2.45) is 0 Å². The minimum absolute atomic E-state index is 0.0127. The first-order valence-electron chi connectivity index (χ1n) is 3.99. The van der Waals surface area contributed by atoms with Gasteiger partial charge in [-0.05, 0) is 12.1 Å². The van der Waals surface area contributed by atoms with Crippen LogP contribution in [0.25, 0.3) is 11.3 Å². The summed E-state index contributed by atoms with van der Waals surface area (Å²) in [6.45, 7) is 0. The van der Waals surface area contributed by atoms with E-state index in [9.17, 15) is 5.11 Å². The molecule has 2 aromatic rings. The van der Waals surface area contributed by atoms with Gasteiger partial charge < -0.3 is 20.9 Å². The molecule has 5 nitrogen and oxygen atoms in total. The molecule has 1 aromatic carbocycles. The van der Waals surface area contributed by atoms with Crippen LogP contribution < -0.4 is 5.73 Å². The topological polar surface area (TPSA) is 95.2 Å². The smallest absolute Gasteiger partial charge is 0.197 e. The summed E-state index contributed by atoms with van der Waals surface area (Å²) in [5.74, 6) is 0.278. The average Bonchev–Trinajstić information content (AvgIpc) is 2.51. The lowest BCUT2D eigenvalue weighted by Gasteiger charge is -2.01. The highest BCUT2D eigenvalue weighted by Gasteiger charge is 2.06. The number of aromatic amines is 1. The van der Waals surface area contributed by atoms with Gasteiger partial charge in [0, 0.05) is 11.6 Å². The first kappa shape index (κ1) is 8.43. The van der Waals surface area contributed by atoms with Crippen molar-refractivity contribution in [2.75, 3.05) is 5.73 Å². The summed E-state index contributed by atoms with van der Waals surface area (Å²) in [5, 5.41) is 18.6. The molecule has 5 N–H and O–H groups in total. The highest BCUT2D eigenvalue weighted by Crippen LogP contribution is 2.30. The van der Waals surface area contributed by atoms with Gasteiger partial charge in [-0.1, -0.05) is 0 Å². The second kappa shape index (κ2) is 2.95. The van der Waals surface area contributed by atoms with Crippen molar-refractivity contribution in [3.63, 3.8) is 0 Å². The molecule has 0 aliphatic rings. The number of benzene rings is 1. The van der Waals surface area contributed by atoms with Gasteiger partial charge in [-0.2, -0.15) is 0 Å². The summed E-state index contributed by atoms with van der Waals surface area (Å²) >= 11 is 0. The van der Waals surface area contributed by atoms with Crippen LogP contribution in [0.15, 0.2) is 24.4 Å². The molecular formula is C9H9N3O2. The zero-order chi connectivity index (χ0) is 10.1. The Kier molecular flexibility index (Phi) is 1.78. The molecule has 0 bridgehead atoms. The molecule has 0 atom stereocenters. The molecule has 0 amide bonds. The van der Waals surface area contributed by atoms with Gasteiger partial charge in [-0.3, -0.25) is 0 Å². The zero-order valence-corrected chi connectivity index (χ0v) is 7.23. The summed E-state index contributed by atoms with van der Waals surface area (Å²) in [6, 6.07) is 4.32. The highest BCUT2D eigenvalue weighted by atomic mass is 16.3. The van der Waals surface area contributed by atoms with Gasteiger partial charge in [0.1, 0.15) is 11.5 Å². The number of hydrogen-bond donors (Lipinski definition) is 4. The van der Waals surface area contributed by atoms with E-state index in [2.05, 4.69) is 9.97 Å². The zero-order valence-electron chi connectivity index (χ0n) is 7.23. The summed E-state index contributed by atoms with van der Waals surface area (Å²) in [6.07, 6.45) is 1.52. The Hall–Kier alpha value is -2.17. The van der Waals surface area contributed by atoms with Crippen molar-refractivity contribution in [2.45, 2.75) is 0 Å². The van der Waals surface area contributed by atoms with E-state index in [-0.39, 0.29) is 17.4 Å². The van der Waals surface area contributed by atoms with E-state index in [4.69, 9.17) is 10.8 Å². The monoisotopic (exact) mass is 191 g/mol. The van der Waals surface area contributed by atoms with E-state index in [0.717, 1.165) is 0 Å². The molecule has 0 radical (unpaired) electrons. The quantitative estimate of drug-likeness (QED) is 0.542. The second-order valence-electron chi connectivity index (χ2n) is 2.88. The molecule has 1 heterocycles. The third-order valence-electron chi connectivity index (χ3n) is 1.87. The minimum atomic E-state index is -0.0198. The largest absolute Gasteiger partial charge is 0.508 e. The lowest BCUT2D eigenvalue weighted by molar-refractivity contribution is 0.452. The van der Waals surface area contributed by atoms with Gasteiger partial charge in [0.15, 0.2) is 5.95 Å². The molecule has 0 aliphatic carbocycles. The van der Waals surface area contributed by atoms with Crippen molar-refractivity contribution >= 4 is 5.95 Å². The molecular weight excluding hydrogens is 182 g/mol. The number of aromatic hydroxyl groups is 2. The van der Waals surface area contributed by atoms with Crippen molar-refractivity contribution in [1.29, 1.82) is 0 Å². The molecule has 0 fully saturated rings. The number of nitrogens with two attached hydrogens (primary N) is 1. The average molecular weight is 191 g/mol. The van der Waals surface area contributed by atoms with Crippen molar-refractivity contribution in [3.05, 3.63) is 24.4 Å². The first-order valence-corrected chi connectivity index (χ1v) is 3.99. The highest BCUT2D eigenvalue weighted by molar-refractivity contribution is 5.68. The molecule has 0 saturated heterocycles. The Morgan fingerprint density at radius 2 is 2.07 bits per heavy atom. The van der Waals surface area contributed by atoms with Crippen LogP contribution >= 0.6 is 0 Å². The Bertz CT molecular complexity index is 465. The molecule has 0 aliphatic heterocycles. The number of nitrogens with zero attached hydrogens (tertiary/aromatic N) is 1. The Morgan fingerprint density at radius 1 is 1.29 bits per heavy atom. The number of phenols is 2. The number of nitrogen functional groups attached to an aromatic ring is 1. The van der Waals surface area contributed by atoms with E-state index in [1.54, 1.807) is 6.07 Å². The van der Waals surface area contributed by atoms with Crippen LogP contribution in [-0.2, 0) is 0 Å². The van der Waals surface area contributed by atoms with E-state index >= 15 is 0 Å². The SMILES string of the molecule is Nc1ncc(-c2ccc(O)cc2O)[nH]1. The lowest BCUT2D eigenvalue weighted by atomic mass is 10.1. The minimum Gasteiger partial charge on any atom is -0.508 e. The van der Waals surface area contributed by atoms with E-state index in [1.807, 2.05) is 0 Å². The van der Waals surface area contributed by atoms with Gasteiger partial charge >= 0.3 is 0 Å². The van der Waals surface area contributed by atoms with Crippen LogP contribution in [0.2, 0.25) is 0 Å². The predicted octanol–water partition coefficient (Wildman–Crippen LogP) is 1.07. The van der Waals surface area contributed by atoms with Gasteiger partial charge in [-0.15, -0.1) is 0 Å². The number of imidazole rings is 1. The number of H-pyrrole nitrogens is 1. The van der Waals surface area contributed by atoms with Crippen LogP contribution in [0, 0.1) is 0 Å². The number of rotatable bonds is 1.